The highest BCUT2D eigenvalue weighted by molar-refractivity contribution is 9.10. The second kappa shape index (κ2) is 9.29. The first kappa shape index (κ1) is 19.1. The van der Waals surface area contributed by atoms with Crippen LogP contribution in [-0.2, 0) is 4.79 Å². The van der Waals surface area contributed by atoms with Crippen LogP contribution in [0.1, 0.15) is 30.1 Å². The van der Waals surface area contributed by atoms with Crippen molar-refractivity contribution in [1.82, 2.24) is 5.32 Å². The highest BCUT2D eigenvalue weighted by Crippen LogP contribution is 2.17. The molecule has 0 aliphatic heterocycles. The molecule has 0 spiro atoms. The number of hydrogen-bond donors (Lipinski definition) is 3. The van der Waals surface area contributed by atoms with Crippen molar-refractivity contribution in [2.24, 2.45) is 0 Å². The molecule has 0 aromatic heterocycles. The highest BCUT2D eigenvalue weighted by Gasteiger charge is 2.11. The molecular formula is C18H18BrN3O2S. The molecule has 3 N–H and O–H groups in total. The van der Waals surface area contributed by atoms with E-state index in [1.54, 1.807) is 42.5 Å². The maximum Gasteiger partial charge on any atom is 0.258 e. The molecule has 0 aliphatic carbocycles. The van der Waals surface area contributed by atoms with Crippen molar-refractivity contribution in [3.63, 3.8) is 0 Å². The Morgan fingerprint density at radius 3 is 2.40 bits per heavy atom. The van der Waals surface area contributed by atoms with Gasteiger partial charge in [0, 0.05) is 22.3 Å². The van der Waals surface area contributed by atoms with E-state index in [2.05, 4.69) is 31.9 Å². The van der Waals surface area contributed by atoms with Gasteiger partial charge in [0.15, 0.2) is 5.11 Å². The van der Waals surface area contributed by atoms with Crippen molar-refractivity contribution < 1.29 is 9.59 Å². The summed E-state index contributed by atoms with van der Waals surface area (Å²) in [6.07, 6.45) is 1.26. The molecule has 2 aromatic rings. The van der Waals surface area contributed by atoms with Gasteiger partial charge in [-0.05, 0) is 64.9 Å². The van der Waals surface area contributed by atoms with E-state index in [-0.39, 0.29) is 16.9 Å². The first-order valence-corrected chi connectivity index (χ1v) is 8.96. The van der Waals surface area contributed by atoms with Crippen molar-refractivity contribution in [3.8, 4) is 0 Å². The summed E-state index contributed by atoms with van der Waals surface area (Å²) in [5.41, 5.74) is 1.84. The Morgan fingerprint density at radius 1 is 1.04 bits per heavy atom. The molecular weight excluding hydrogens is 402 g/mol. The van der Waals surface area contributed by atoms with Gasteiger partial charge in [-0.2, -0.15) is 0 Å². The third-order valence-corrected chi connectivity index (χ3v) is 4.12. The van der Waals surface area contributed by atoms with E-state index in [0.29, 0.717) is 27.8 Å². The number of hydrogen-bond acceptors (Lipinski definition) is 3. The molecule has 5 nitrogen and oxygen atoms in total. The molecule has 7 heteroatoms. The molecule has 0 saturated heterocycles. The lowest BCUT2D eigenvalue weighted by molar-refractivity contribution is -0.116. The average Bonchev–Trinajstić information content (AvgIpc) is 2.55. The summed E-state index contributed by atoms with van der Waals surface area (Å²) in [4.78, 5) is 23.9. The molecule has 0 bridgehead atoms. The summed E-state index contributed by atoms with van der Waals surface area (Å²) in [6, 6.07) is 14.2. The van der Waals surface area contributed by atoms with Crippen molar-refractivity contribution in [3.05, 3.63) is 58.6 Å². The normalized spacial score (nSPS) is 10.0. The minimum absolute atomic E-state index is 0.0375. The molecule has 130 valence electrons. The summed E-state index contributed by atoms with van der Waals surface area (Å²) >= 11 is 8.52. The van der Waals surface area contributed by atoms with Gasteiger partial charge in [-0.25, -0.2) is 0 Å². The summed E-state index contributed by atoms with van der Waals surface area (Å²) < 4.78 is 0.691. The van der Waals surface area contributed by atoms with Gasteiger partial charge in [0.2, 0.25) is 5.91 Å². The van der Waals surface area contributed by atoms with Crippen LogP contribution in [0.5, 0.6) is 0 Å². The molecule has 0 unspecified atom stereocenters. The standard InChI is InChI=1S/C18H18BrN3O2S/c1-2-6-16(23)20-12-7-5-8-13(11-12)21-18(25)22-17(24)14-9-3-4-10-15(14)19/h3-5,7-11H,2,6H2,1H3,(H,20,23)(H2,21,22,24,25). The van der Waals surface area contributed by atoms with E-state index in [4.69, 9.17) is 12.2 Å². The number of carbonyl (C=O) groups excluding carboxylic acids is 2. The second-order valence-electron chi connectivity index (χ2n) is 5.27. The summed E-state index contributed by atoms with van der Waals surface area (Å²) in [6.45, 7) is 1.95. The number of amides is 2. The molecule has 0 saturated carbocycles. The van der Waals surface area contributed by atoms with Crippen LogP contribution >= 0.6 is 28.1 Å². The number of anilines is 2. The zero-order chi connectivity index (χ0) is 18.2. The fraction of sp³-hybridized carbons (Fsp3) is 0.167. The monoisotopic (exact) mass is 419 g/mol. The lowest BCUT2D eigenvalue weighted by Crippen LogP contribution is -2.34. The van der Waals surface area contributed by atoms with Gasteiger partial charge in [0.25, 0.3) is 5.91 Å². The Morgan fingerprint density at radius 2 is 1.72 bits per heavy atom. The van der Waals surface area contributed by atoms with Crippen LogP contribution < -0.4 is 16.0 Å². The predicted octanol–water partition coefficient (Wildman–Crippen LogP) is 4.31. The third-order valence-electron chi connectivity index (χ3n) is 3.23. The third kappa shape index (κ3) is 5.95. The zero-order valence-corrected chi connectivity index (χ0v) is 16.0. The molecule has 0 aliphatic rings. The highest BCUT2D eigenvalue weighted by atomic mass is 79.9. The minimum Gasteiger partial charge on any atom is -0.332 e. The topological polar surface area (TPSA) is 70.2 Å². The van der Waals surface area contributed by atoms with Crippen LogP contribution in [-0.4, -0.2) is 16.9 Å². The van der Waals surface area contributed by atoms with E-state index >= 15 is 0 Å². The first-order valence-electron chi connectivity index (χ1n) is 7.76. The summed E-state index contributed by atoms with van der Waals surface area (Å²) in [5.74, 6) is -0.346. The molecule has 0 radical (unpaired) electrons. The molecule has 2 rings (SSSR count). The largest absolute Gasteiger partial charge is 0.332 e. The molecule has 0 atom stereocenters. The number of halogens is 1. The Hall–Kier alpha value is -2.25. The van der Waals surface area contributed by atoms with Gasteiger partial charge in [-0.3, -0.25) is 14.9 Å². The van der Waals surface area contributed by atoms with Crippen molar-refractivity contribution in [1.29, 1.82) is 0 Å². The Bertz CT molecular complexity index is 795. The van der Waals surface area contributed by atoms with E-state index < -0.39 is 0 Å². The zero-order valence-electron chi connectivity index (χ0n) is 13.6. The quantitative estimate of drug-likeness (QED) is 0.631. The SMILES string of the molecule is CCCC(=O)Nc1cccc(NC(=S)NC(=O)c2ccccc2Br)c1. The van der Waals surface area contributed by atoms with Crippen molar-refractivity contribution >= 4 is 56.4 Å². The van der Waals surface area contributed by atoms with Crippen LogP contribution in [0.2, 0.25) is 0 Å². The van der Waals surface area contributed by atoms with Crippen LogP contribution in [0.3, 0.4) is 0 Å². The fourth-order valence-corrected chi connectivity index (χ4v) is 2.78. The van der Waals surface area contributed by atoms with Gasteiger partial charge in [-0.1, -0.05) is 25.1 Å². The molecule has 2 amide bonds. The average molecular weight is 420 g/mol. The summed E-state index contributed by atoms with van der Waals surface area (Å²) in [7, 11) is 0. The van der Waals surface area contributed by atoms with E-state index in [0.717, 1.165) is 6.42 Å². The van der Waals surface area contributed by atoms with Gasteiger partial charge < -0.3 is 10.6 Å². The first-order chi connectivity index (χ1) is 12.0. The Kier molecular flexibility index (Phi) is 7.09. The van der Waals surface area contributed by atoms with Crippen LogP contribution in [0.25, 0.3) is 0 Å². The number of thiocarbonyl (C=S) groups is 1. The Balaban J connectivity index is 1.97. The maximum atomic E-state index is 12.2. The lowest BCUT2D eigenvalue weighted by atomic mass is 10.2. The van der Waals surface area contributed by atoms with Gasteiger partial charge >= 0.3 is 0 Å². The smallest absolute Gasteiger partial charge is 0.258 e. The minimum atomic E-state index is -0.308. The molecule has 0 fully saturated rings. The van der Waals surface area contributed by atoms with Gasteiger partial charge in [-0.15, -0.1) is 0 Å². The van der Waals surface area contributed by atoms with Crippen LogP contribution in [0.15, 0.2) is 53.0 Å². The molecule has 2 aromatic carbocycles. The summed E-state index contributed by atoms with van der Waals surface area (Å²) in [5, 5.41) is 8.56. The van der Waals surface area contributed by atoms with Crippen LogP contribution in [0.4, 0.5) is 11.4 Å². The van der Waals surface area contributed by atoms with Crippen molar-refractivity contribution in [2.45, 2.75) is 19.8 Å². The lowest BCUT2D eigenvalue weighted by Gasteiger charge is -2.12. The molecule has 0 heterocycles. The van der Waals surface area contributed by atoms with Crippen molar-refractivity contribution in [2.75, 3.05) is 10.6 Å². The van der Waals surface area contributed by atoms with Gasteiger partial charge in [0.1, 0.15) is 0 Å². The number of benzene rings is 2. The number of rotatable bonds is 5. The predicted molar refractivity (Wildman–Crippen MR) is 108 cm³/mol. The fourth-order valence-electron chi connectivity index (χ4n) is 2.10. The second-order valence-corrected chi connectivity index (χ2v) is 6.53. The van der Waals surface area contributed by atoms with Gasteiger partial charge in [0.05, 0.1) is 5.56 Å². The van der Waals surface area contributed by atoms with E-state index in [1.165, 1.54) is 0 Å². The number of carbonyl (C=O) groups is 2. The number of nitrogens with one attached hydrogen (secondary N) is 3. The van der Waals surface area contributed by atoms with Crippen LogP contribution in [0, 0.1) is 0 Å². The Labute approximate surface area is 160 Å². The van der Waals surface area contributed by atoms with E-state index in [9.17, 15) is 9.59 Å². The maximum absolute atomic E-state index is 12.2. The van der Waals surface area contributed by atoms with E-state index in [1.807, 2.05) is 13.0 Å². The molecule has 25 heavy (non-hydrogen) atoms.